The first-order chi connectivity index (χ1) is 13.1. The fourth-order valence-electron chi connectivity index (χ4n) is 2.17. The number of rotatable bonds is 8. The molecule has 0 aromatic heterocycles. The van der Waals surface area contributed by atoms with Crippen molar-refractivity contribution in [3.05, 3.63) is 71.8 Å². The molecule has 0 amide bonds. The van der Waals surface area contributed by atoms with E-state index in [1.165, 1.54) is 0 Å². The summed E-state index contributed by atoms with van der Waals surface area (Å²) >= 11 is 0. The second-order valence-electron chi connectivity index (χ2n) is 5.87. The van der Waals surface area contributed by atoms with Gasteiger partial charge in [0.25, 0.3) is 0 Å². The first-order valence-electron chi connectivity index (χ1n) is 8.66. The van der Waals surface area contributed by atoms with E-state index in [1.807, 2.05) is 60.7 Å². The minimum Gasteiger partial charge on any atom is -0.318 e. The zero-order valence-electron chi connectivity index (χ0n) is 15.4. The summed E-state index contributed by atoms with van der Waals surface area (Å²) in [5, 5.41) is 7.63. The van der Waals surface area contributed by atoms with Gasteiger partial charge in [0.1, 0.15) is 0 Å². The molecule has 140 valence electrons. The first-order valence-corrected chi connectivity index (χ1v) is 8.66. The van der Waals surface area contributed by atoms with Crippen LogP contribution in [0.25, 0.3) is 0 Å². The van der Waals surface area contributed by atoms with E-state index in [-0.39, 0.29) is 12.8 Å². The molecular formula is C21H22N2O4. The molecule has 0 spiro atoms. The van der Waals surface area contributed by atoms with Crippen LogP contribution in [0.1, 0.15) is 44.2 Å². The molecule has 0 N–H and O–H groups in total. The van der Waals surface area contributed by atoms with Crippen LogP contribution >= 0.6 is 0 Å². The molecular weight excluding hydrogens is 344 g/mol. The molecule has 27 heavy (non-hydrogen) atoms. The summed E-state index contributed by atoms with van der Waals surface area (Å²) in [5.74, 6) is -0.996. The highest BCUT2D eigenvalue weighted by Gasteiger charge is 2.08. The molecule has 0 saturated heterocycles. The molecule has 0 radical (unpaired) electrons. The van der Waals surface area contributed by atoms with E-state index in [2.05, 4.69) is 10.3 Å². The van der Waals surface area contributed by atoms with Gasteiger partial charge in [-0.3, -0.25) is 0 Å². The van der Waals surface area contributed by atoms with Crippen molar-refractivity contribution in [3.8, 4) is 0 Å². The summed E-state index contributed by atoms with van der Waals surface area (Å²) in [7, 11) is 0. The van der Waals surface area contributed by atoms with E-state index < -0.39 is 11.9 Å². The Balaban J connectivity index is 1.69. The smallest absolute Gasteiger partial charge is 0.318 e. The molecule has 0 aliphatic carbocycles. The third kappa shape index (κ3) is 7.23. The SMILES string of the molecule is CC(=NOC(=O)CCCC(=O)ON=C(C)c1ccccc1)c1ccccc1. The van der Waals surface area contributed by atoms with Gasteiger partial charge in [-0.15, -0.1) is 0 Å². The Labute approximate surface area is 158 Å². The highest BCUT2D eigenvalue weighted by atomic mass is 16.7. The molecule has 6 heteroatoms. The molecule has 2 aromatic rings. The first kappa shape index (κ1) is 20.0. The topological polar surface area (TPSA) is 77.3 Å². The molecule has 2 rings (SSSR count). The normalized spacial score (nSPS) is 11.8. The van der Waals surface area contributed by atoms with Gasteiger partial charge in [0.2, 0.25) is 0 Å². The highest BCUT2D eigenvalue weighted by molar-refractivity contribution is 5.99. The minimum absolute atomic E-state index is 0.0715. The molecule has 0 bridgehead atoms. The molecule has 0 saturated carbocycles. The van der Waals surface area contributed by atoms with Crippen molar-refractivity contribution in [2.75, 3.05) is 0 Å². The minimum atomic E-state index is -0.498. The number of nitrogens with zero attached hydrogens (tertiary/aromatic N) is 2. The van der Waals surface area contributed by atoms with Gasteiger partial charge in [0.15, 0.2) is 0 Å². The van der Waals surface area contributed by atoms with Gasteiger partial charge in [-0.2, -0.15) is 0 Å². The van der Waals surface area contributed by atoms with Crippen molar-refractivity contribution < 1.29 is 19.3 Å². The number of oxime groups is 2. The zero-order chi connectivity index (χ0) is 19.5. The Morgan fingerprint density at radius 1 is 0.704 bits per heavy atom. The number of carbonyl (C=O) groups excluding carboxylic acids is 2. The van der Waals surface area contributed by atoms with Gasteiger partial charge >= 0.3 is 11.9 Å². The van der Waals surface area contributed by atoms with Crippen molar-refractivity contribution in [2.24, 2.45) is 10.3 Å². The number of hydrogen-bond donors (Lipinski definition) is 0. The van der Waals surface area contributed by atoms with E-state index in [4.69, 9.17) is 9.68 Å². The Bertz CT molecular complexity index is 745. The monoisotopic (exact) mass is 366 g/mol. The Kier molecular flexibility index (Phi) is 7.91. The van der Waals surface area contributed by atoms with Gasteiger partial charge in [-0.25, -0.2) is 9.59 Å². The standard InChI is InChI=1S/C21H22N2O4/c1-16(18-10-5-3-6-11-18)22-26-20(24)14-9-15-21(25)27-23-17(2)19-12-7-4-8-13-19/h3-8,10-13H,9,14-15H2,1-2H3. The van der Waals surface area contributed by atoms with Crippen molar-refractivity contribution in [1.82, 2.24) is 0 Å². The number of carbonyl (C=O) groups is 2. The fourth-order valence-corrected chi connectivity index (χ4v) is 2.17. The van der Waals surface area contributed by atoms with Crippen molar-refractivity contribution in [3.63, 3.8) is 0 Å². The van der Waals surface area contributed by atoms with Crippen molar-refractivity contribution >= 4 is 23.4 Å². The van der Waals surface area contributed by atoms with Crippen LogP contribution in [0, 0.1) is 0 Å². The average molecular weight is 366 g/mol. The van der Waals surface area contributed by atoms with Crippen LogP contribution in [0.3, 0.4) is 0 Å². The molecule has 2 aromatic carbocycles. The maximum absolute atomic E-state index is 11.7. The molecule has 0 aliphatic heterocycles. The predicted octanol–water partition coefficient (Wildman–Crippen LogP) is 4.09. The number of hydrogen-bond acceptors (Lipinski definition) is 6. The summed E-state index contributed by atoms with van der Waals surface area (Å²) < 4.78 is 0. The molecule has 0 heterocycles. The van der Waals surface area contributed by atoms with Crippen LogP contribution in [-0.4, -0.2) is 23.4 Å². The van der Waals surface area contributed by atoms with Crippen LogP contribution in [0.2, 0.25) is 0 Å². The predicted molar refractivity (Wildman–Crippen MR) is 103 cm³/mol. The lowest BCUT2D eigenvalue weighted by atomic mass is 10.1. The second kappa shape index (κ2) is 10.7. The van der Waals surface area contributed by atoms with Gasteiger partial charge < -0.3 is 9.68 Å². The van der Waals surface area contributed by atoms with Gasteiger partial charge in [-0.05, 0) is 31.4 Å². The molecule has 0 unspecified atom stereocenters. The molecule has 6 nitrogen and oxygen atoms in total. The fraction of sp³-hybridized carbons (Fsp3) is 0.238. The second-order valence-corrected chi connectivity index (χ2v) is 5.87. The summed E-state index contributed by atoms with van der Waals surface area (Å²) in [5.41, 5.74) is 2.96. The molecule has 0 fully saturated rings. The number of benzene rings is 2. The average Bonchev–Trinajstić information content (AvgIpc) is 2.71. The molecule has 0 aliphatic rings. The van der Waals surface area contributed by atoms with Crippen molar-refractivity contribution in [1.29, 1.82) is 0 Å². The van der Waals surface area contributed by atoms with Crippen LogP contribution in [0.4, 0.5) is 0 Å². The zero-order valence-corrected chi connectivity index (χ0v) is 15.4. The maximum atomic E-state index is 11.7. The quantitative estimate of drug-likeness (QED) is 0.400. The summed E-state index contributed by atoms with van der Waals surface area (Å²) in [6, 6.07) is 18.8. The largest absolute Gasteiger partial charge is 0.335 e. The highest BCUT2D eigenvalue weighted by Crippen LogP contribution is 2.05. The Morgan fingerprint density at radius 2 is 1.07 bits per heavy atom. The third-order valence-corrected chi connectivity index (χ3v) is 3.71. The lowest BCUT2D eigenvalue weighted by molar-refractivity contribution is -0.145. The summed E-state index contributed by atoms with van der Waals surface area (Å²) in [6.45, 7) is 3.51. The van der Waals surface area contributed by atoms with Crippen LogP contribution in [-0.2, 0) is 19.3 Å². The van der Waals surface area contributed by atoms with Crippen LogP contribution < -0.4 is 0 Å². The van der Waals surface area contributed by atoms with Gasteiger partial charge in [0, 0.05) is 12.8 Å². The summed E-state index contributed by atoms with van der Waals surface area (Å²) in [4.78, 5) is 33.1. The van der Waals surface area contributed by atoms with E-state index in [0.29, 0.717) is 17.8 Å². The summed E-state index contributed by atoms with van der Waals surface area (Å²) in [6.07, 6.45) is 0.446. The lowest BCUT2D eigenvalue weighted by Crippen LogP contribution is -2.06. The lowest BCUT2D eigenvalue weighted by Gasteiger charge is -2.02. The van der Waals surface area contributed by atoms with Gasteiger partial charge in [-0.1, -0.05) is 71.0 Å². The third-order valence-electron chi connectivity index (χ3n) is 3.71. The van der Waals surface area contributed by atoms with Crippen molar-refractivity contribution in [2.45, 2.75) is 33.1 Å². The van der Waals surface area contributed by atoms with E-state index in [0.717, 1.165) is 11.1 Å². The Morgan fingerprint density at radius 3 is 1.44 bits per heavy atom. The van der Waals surface area contributed by atoms with Gasteiger partial charge in [0.05, 0.1) is 11.4 Å². The Hall–Kier alpha value is -3.28. The van der Waals surface area contributed by atoms with Crippen LogP contribution in [0.5, 0.6) is 0 Å². The van der Waals surface area contributed by atoms with E-state index >= 15 is 0 Å². The maximum Gasteiger partial charge on any atom is 0.335 e. The van der Waals surface area contributed by atoms with E-state index in [1.54, 1.807) is 13.8 Å². The molecule has 0 atom stereocenters. The van der Waals surface area contributed by atoms with Crippen LogP contribution in [0.15, 0.2) is 71.0 Å². The van der Waals surface area contributed by atoms with E-state index in [9.17, 15) is 9.59 Å².